The van der Waals surface area contributed by atoms with Gasteiger partial charge in [0.05, 0.1) is 25.1 Å². The minimum absolute atomic E-state index is 0.0181. The maximum absolute atomic E-state index is 14.6. The van der Waals surface area contributed by atoms with Crippen LogP contribution in [0.3, 0.4) is 0 Å². The first-order valence-electron chi connectivity index (χ1n) is 9.09. The molecule has 150 valence electrons. The van der Waals surface area contributed by atoms with Crippen LogP contribution in [0.25, 0.3) is 10.9 Å². The average molecular weight is 397 g/mol. The van der Waals surface area contributed by atoms with Crippen LogP contribution in [0.5, 0.6) is 23.1 Å². The van der Waals surface area contributed by atoms with Gasteiger partial charge in [0.15, 0.2) is 23.1 Å². The van der Waals surface area contributed by atoms with Crippen LogP contribution in [0.1, 0.15) is 19.8 Å². The molecule has 1 N–H and O–H groups in total. The number of ether oxygens (including phenoxy) is 3. The van der Waals surface area contributed by atoms with Crippen LogP contribution in [0.4, 0.5) is 10.1 Å². The number of aromatic nitrogens is 2. The molecular weight excluding hydrogens is 377 g/mol. The molecule has 2 aromatic carbocycles. The molecule has 0 aliphatic heterocycles. The number of hydrogen-bond acceptors (Lipinski definition) is 6. The summed E-state index contributed by atoms with van der Waals surface area (Å²) in [6.07, 6.45) is 3.02. The maximum atomic E-state index is 14.6. The second-order valence-corrected chi connectivity index (χ2v) is 7.17. The molecule has 1 aliphatic rings. The van der Waals surface area contributed by atoms with Crippen LogP contribution >= 0.6 is 0 Å². The summed E-state index contributed by atoms with van der Waals surface area (Å²) in [7, 11) is 3.05. The van der Waals surface area contributed by atoms with Gasteiger partial charge >= 0.3 is 0 Å². The number of anilines is 1. The Labute approximate surface area is 166 Å². The van der Waals surface area contributed by atoms with Crippen molar-refractivity contribution in [3.63, 3.8) is 0 Å². The second kappa shape index (κ2) is 7.20. The molecule has 0 unspecified atom stereocenters. The molecule has 0 radical (unpaired) electrons. The van der Waals surface area contributed by atoms with Crippen LogP contribution in [0.2, 0.25) is 0 Å². The highest BCUT2D eigenvalue weighted by Crippen LogP contribution is 2.46. The molecule has 1 amide bonds. The second-order valence-electron chi connectivity index (χ2n) is 7.17. The monoisotopic (exact) mass is 397 g/mol. The van der Waals surface area contributed by atoms with Gasteiger partial charge in [-0.1, -0.05) is 6.92 Å². The molecule has 4 rings (SSSR count). The predicted molar refractivity (Wildman–Crippen MR) is 105 cm³/mol. The lowest BCUT2D eigenvalue weighted by Gasteiger charge is -2.13. The zero-order valence-electron chi connectivity index (χ0n) is 16.3. The Kier molecular flexibility index (Phi) is 4.70. The van der Waals surface area contributed by atoms with Crippen LogP contribution < -0.4 is 19.5 Å². The van der Waals surface area contributed by atoms with Gasteiger partial charge in [0.2, 0.25) is 11.8 Å². The zero-order valence-corrected chi connectivity index (χ0v) is 16.3. The minimum Gasteiger partial charge on any atom is -0.493 e. The van der Waals surface area contributed by atoms with E-state index in [4.69, 9.17) is 14.2 Å². The van der Waals surface area contributed by atoms with Crippen molar-refractivity contribution in [1.82, 2.24) is 9.97 Å². The van der Waals surface area contributed by atoms with E-state index in [0.717, 1.165) is 12.8 Å². The van der Waals surface area contributed by atoms with Gasteiger partial charge in [-0.2, -0.15) is 0 Å². The summed E-state index contributed by atoms with van der Waals surface area (Å²) in [5.74, 6) is 0.434. The molecule has 1 fully saturated rings. The molecule has 0 spiro atoms. The van der Waals surface area contributed by atoms with E-state index in [1.54, 1.807) is 18.2 Å². The number of rotatable bonds is 6. The predicted octanol–water partition coefficient (Wildman–Crippen LogP) is 4.32. The molecular formula is C21H20FN3O4. The number of amides is 1. The van der Waals surface area contributed by atoms with E-state index in [9.17, 15) is 9.18 Å². The summed E-state index contributed by atoms with van der Waals surface area (Å²) in [6.45, 7) is 1.89. The lowest BCUT2D eigenvalue weighted by Crippen LogP contribution is -2.21. The first-order chi connectivity index (χ1) is 13.9. The van der Waals surface area contributed by atoms with Crippen molar-refractivity contribution in [2.75, 3.05) is 19.5 Å². The molecule has 1 aromatic heterocycles. The Morgan fingerprint density at radius 2 is 1.79 bits per heavy atom. The molecule has 1 aliphatic carbocycles. The number of carbonyl (C=O) groups is 1. The number of methoxy groups -OCH3 is 2. The normalized spacial score (nSPS) is 14.3. The fourth-order valence-corrected chi connectivity index (χ4v) is 2.90. The number of nitrogens with one attached hydrogen (secondary N) is 1. The molecule has 0 atom stereocenters. The number of benzene rings is 2. The molecule has 29 heavy (non-hydrogen) atoms. The van der Waals surface area contributed by atoms with E-state index in [2.05, 4.69) is 15.3 Å². The third kappa shape index (κ3) is 3.65. The fraction of sp³-hybridized carbons (Fsp3) is 0.286. The van der Waals surface area contributed by atoms with Crippen molar-refractivity contribution in [2.24, 2.45) is 5.41 Å². The van der Waals surface area contributed by atoms with Gasteiger partial charge < -0.3 is 19.5 Å². The van der Waals surface area contributed by atoms with Crippen molar-refractivity contribution >= 4 is 22.5 Å². The summed E-state index contributed by atoms with van der Waals surface area (Å²) in [6, 6.07) is 7.64. The van der Waals surface area contributed by atoms with E-state index >= 15 is 0 Å². The van der Waals surface area contributed by atoms with E-state index in [-0.39, 0.29) is 23.0 Å². The first-order valence-corrected chi connectivity index (χ1v) is 9.09. The molecule has 0 bridgehead atoms. The molecule has 0 saturated heterocycles. The van der Waals surface area contributed by atoms with E-state index in [1.165, 1.54) is 32.7 Å². The molecule has 1 heterocycles. The zero-order chi connectivity index (χ0) is 20.6. The number of hydrogen-bond donors (Lipinski definition) is 1. The molecule has 7 nitrogen and oxygen atoms in total. The highest BCUT2D eigenvalue weighted by Gasteiger charge is 2.44. The van der Waals surface area contributed by atoms with Gasteiger partial charge in [-0.25, -0.2) is 14.4 Å². The summed E-state index contributed by atoms with van der Waals surface area (Å²) in [5.41, 5.74) is 0.604. The van der Waals surface area contributed by atoms with Crippen LogP contribution in [0.15, 0.2) is 36.7 Å². The third-order valence-corrected chi connectivity index (χ3v) is 5.05. The van der Waals surface area contributed by atoms with Crippen molar-refractivity contribution in [3.8, 4) is 23.1 Å². The minimum atomic E-state index is -0.615. The average Bonchev–Trinajstić information content (AvgIpc) is 3.48. The van der Waals surface area contributed by atoms with Gasteiger partial charge in [0.1, 0.15) is 6.33 Å². The van der Waals surface area contributed by atoms with E-state index in [1.807, 2.05) is 6.92 Å². The number of fused-ring (bicyclic) bond motifs is 1. The van der Waals surface area contributed by atoms with Gasteiger partial charge in [-0.05, 0) is 31.0 Å². The summed E-state index contributed by atoms with van der Waals surface area (Å²) in [4.78, 5) is 20.5. The largest absolute Gasteiger partial charge is 0.493 e. The van der Waals surface area contributed by atoms with Crippen molar-refractivity contribution in [3.05, 3.63) is 42.5 Å². The van der Waals surface area contributed by atoms with Crippen LogP contribution in [-0.2, 0) is 4.79 Å². The van der Waals surface area contributed by atoms with Crippen LogP contribution in [0, 0.1) is 11.2 Å². The maximum Gasteiger partial charge on any atom is 0.230 e. The van der Waals surface area contributed by atoms with Gasteiger partial charge in [0.25, 0.3) is 0 Å². The Morgan fingerprint density at radius 1 is 1.07 bits per heavy atom. The number of halogens is 1. The molecule has 3 aromatic rings. The lowest BCUT2D eigenvalue weighted by molar-refractivity contribution is -0.120. The summed E-state index contributed by atoms with van der Waals surface area (Å²) in [5, 5.41) is 3.29. The van der Waals surface area contributed by atoms with Crippen molar-refractivity contribution in [2.45, 2.75) is 19.8 Å². The highest BCUT2D eigenvalue weighted by atomic mass is 19.1. The third-order valence-electron chi connectivity index (χ3n) is 5.05. The van der Waals surface area contributed by atoms with E-state index < -0.39 is 5.82 Å². The van der Waals surface area contributed by atoms with E-state index in [0.29, 0.717) is 28.1 Å². The van der Waals surface area contributed by atoms with Gasteiger partial charge in [-0.3, -0.25) is 4.79 Å². The SMILES string of the molecule is COc1cc2ncnc(Oc3ccc(NC(=O)C4(C)CC4)cc3F)c2cc1OC. The Bertz CT molecular complexity index is 1100. The highest BCUT2D eigenvalue weighted by molar-refractivity contribution is 5.96. The quantitative estimate of drug-likeness (QED) is 0.667. The number of carbonyl (C=O) groups excluding carboxylic acids is 1. The Balaban J connectivity index is 1.62. The Hall–Kier alpha value is -3.42. The fourth-order valence-electron chi connectivity index (χ4n) is 2.90. The van der Waals surface area contributed by atoms with Crippen molar-refractivity contribution in [1.29, 1.82) is 0 Å². The molecule has 8 heteroatoms. The summed E-state index contributed by atoms with van der Waals surface area (Å²) >= 11 is 0. The topological polar surface area (TPSA) is 82.6 Å². The lowest BCUT2D eigenvalue weighted by atomic mass is 10.1. The van der Waals surface area contributed by atoms with Crippen LogP contribution in [-0.4, -0.2) is 30.1 Å². The van der Waals surface area contributed by atoms with Crippen molar-refractivity contribution < 1.29 is 23.4 Å². The standard InChI is InChI=1S/C21H20FN3O4/c1-21(6-7-21)20(26)25-12-4-5-16(14(22)8-12)29-19-13-9-17(27-2)18(28-3)10-15(13)23-11-24-19/h4-5,8-11H,6-7H2,1-3H3,(H,25,26). The molecule has 1 saturated carbocycles. The van der Waals surface area contributed by atoms with Gasteiger partial charge in [0, 0.05) is 23.2 Å². The smallest absolute Gasteiger partial charge is 0.230 e. The first kappa shape index (κ1) is 18.9. The Morgan fingerprint density at radius 3 is 2.45 bits per heavy atom. The summed E-state index contributed by atoms with van der Waals surface area (Å²) < 4.78 is 30.9. The van der Waals surface area contributed by atoms with Gasteiger partial charge in [-0.15, -0.1) is 0 Å². The number of nitrogens with zero attached hydrogens (tertiary/aromatic N) is 2.